The molecule has 8 heavy (non-hydrogen) atoms. The lowest BCUT2D eigenvalue weighted by Crippen LogP contribution is -2.41. The minimum atomic E-state index is -0.348. The summed E-state index contributed by atoms with van der Waals surface area (Å²) in [5.74, 6) is 0. The molecule has 0 bridgehead atoms. The van der Waals surface area contributed by atoms with E-state index in [9.17, 15) is 4.79 Å². The molecule has 1 unspecified atom stereocenters. The van der Waals surface area contributed by atoms with Crippen LogP contribution in [-0.2, 0) is 0 Å². The van der Waals surface area contributed by atoms with Gasteiger partial charge in [-0.3, -0.25) is 4.79 Å². The number of carbonyl (C=O) groups excluding carboxylic acids is 1. The third-order valence-corrected chi connectivity index (χ3v) is 1.31. The first-order valence-electron chi connectivity index (χ1n) is 2.49. The van der Waals surface area contributed by atoms with Gasteiger partial charge in [0.2, 0.25) is 5.65 Å². The highest BCUT2D eigenvalue weighted by molar-refractivity contribution is 7.39. The fourth-order valence-electron chi connectivity index (χ4n) is 0.505. The van der Waals surface area contributed by atoms with Crippen LogP contribution in [0, 0.1) is 0 Å². The quantitative estimate of drug-likeness (QED) is 0.390. The van der Waals surface area contributed by atoms with Crippen LogP contribution in [0.15, 0.2) is 0 Å². The molecular weight excluding hydrogens is 123 g/mol. The van der Waals surface area contributed by atoms with Crippen molar-refractivity contribution in [1.29, 1.82) is 0 Å². The Kier molecular flexibility index (Phi) is 1.25. The molecule has 3 nitrogen and oxygen atoms in total. The number of amides is 1. The van der Waals surface area contributed by atoms with Crippen LogP contribution in [-0.4, -0.2) is 11.3 Å². The first-order valence-corrected chi connectivity index (χ1v) is 3.07. The summed E-state index contributed by atoms with van der Waals surface area (Å²) in [4.78, 5) is 10.3. The molecule has 1 aliphatic rings. The maximum atomic E-state index is 10.3. The largest absolute Gasteiger partial charge is 0.335 e. The van der Waals surface area contributed by atoms with Gasteiger partial charge < -0.3 is 11.1 Å². The topological polar surface area (TPSA) is 55.1 Å². The van der Waals surface area contributed by atoms with Gasteiger partial charge in [0.05, 0.1) is 5.66 Å². The van der Waals surface area contributed by atoms with E-state index in [-0.39, 0.29) is 11.3 Å². The van der Waals surface area contributed by atoms with Gasteiger partial charge in [-0.15, -0.1) is 0 Å². The van der Waals surface area contributed by atoms with Crippen molar-refractivity contribution in [2.45, 2.75) is 18.5 Å². The van der Waals surface area contributed by atoms with Crippen LogP contribution >= 0.6 is 9.24 Å². The zero-order chi connectivity index (χ0) is 6.20. The summed E-state index contributed by atoms with van der Waals surface area (Å²) in [5.41, 5.74) is 5.03. The van der Waals surface area contributed by atoms with E-state index in [1.165, 1.54) is 0 Å². The third-order valence-electron chi connectivity index (χ3n) is 1.16. The van der Waals surface area contributed by atoms with Gasteiger partial charge >= 0.3 is 0 Å². The minimum absolute atomic E-state index is 0.120. The number of nitrogens with two attached hydrogens (primary N) is 1. The highest BCUT2D eigenvalue weighted by Gasteiger charge is 2.38. The lowest BCUT2D eigenvalue weighted by Gasteiger charge is -2.06. The minimum Gasteiger partial charge on any atom is -0.335 e. The summed E-state index contributed by atoms with van der Waals surface area (Å²) in [7, 11) is 2.03. The smallest absolute Gasteiger partial charge is 0.236 e. The van der Waals surface area contributed by atoms with Gasteiger partial charge in [-0.05, 0) is 22.1 Å². The van der Waals surface area contributed by atoms with Crippen molar-refractivity contribution in [3.05, 3.63) is 0 Å². The molecule has 0 aliphatic heterocycles. The van der Waals surface area contributed by atoms with E-state index in [0.29, 0.717) is 0 Å². The van der Waals surface area contributed by atoms with Gasteiger partial charge in [0.1, 0.15) is 0 Å². The van der Waals surface area contributed by atoms with E-state index in [1.807, 2.05) is 9.24 Å². The Morgan fingerprint density at radius 2 is 2.25 bits per heavy atom. The summed E-state index contributed by atoms with van der Waals surface area (Å²) in [6.07, 6.45) is 1.82. The van der Waals surface area contributed by atoms with E-state index >= 15 is 0 Å². The summed E-state index contributed by atoms with van der Waals surface area (Å²) in [6, 6.07) is 0. The molecule has 0 saturated heterocycles. The highest BCUT2D eigenvalue weighted by atomic mass is 31.0. The molecule has 0 aromatic heterocycles. The summed E-state index contributed by atoms with van der Waals surface area (Å²) in [5, 5.41) is 2.59. The Morgan fingerprint density at radius 3 is 2.38 bits per heavy atom. The molecule has 0 heterocycles. The van der Waals surface area contributed by atoms with Crippen molar-refractivity contribution in [1.82, 2.24) is 5.32 Å². The zero-order valence-corrected chi connectivity index (χ0v) is 5.63. The molecule has 1 amide bonds. The van der Waals surface area contributed by atoms with E-state index in [2.05, 4.69) is 5.32 Å². The van der Waals surface area contributed by atoms with E-state index in [4.69, 9.17) is 5.73 Å². The van der Waals surface area contributed by atoms with Crippen LogP contribution in [0.4, 0.5) is 4.79 Å². The lowest BCUT2D eigenvalue weighted by atomic mass is 10.5. The van der Waals surface area contributed by atoms with Gasteiger partial charge in [-0.2, -0.15) is 0 Å². The standard InChI is InChI=1S/C4H9N2OP/c5-4(1-2-4)6-3(7)8/h1-2,5,8H2,(H,6,7). The molecule has 1 rings (SSSR count). The molecule has 0 aromatic rings. The molecule has 1 atom stereocenters. The molecule has 0 aromatic carbocycles. The Morgan fingerprint density at radius 1 is 1.75 bits per heavy atom. The Hall–Kier alpha value is -0.140. The monoisotopic (exact) mass is 132 g/mol. The zero-order valence-electron chi connectivity index (χ0n) is 4.48. The lowest BCUT2D eigenvalue weighted by molar-refractivity contribution is 0.256. The van der Waals surface area contributed by atoms with Gasteiger partial charge in [0, 0.05) is 0 Å². The number of carbonyl (C=O) groups is 1. The van der Waals surface area contributed by atoms with Crippen LogP contribution in [0.1, 0.15) is 12.8 Å². The van der Waals surface area contributed by atoms with Gasteiger partial charge in [0.25, 0.3) is 0 Å². The van der Waals surface area contributed by atoms with E-state index < -0.39 is 0 Å². The fraction of sp³-hybridized carbons (Fsp3) is 0.750. The first kappa shape index (κ1) is 5.99. The fourth-order valence-corrected chi connectivity index (χ4v) is 0.792. The Labute approximate surface area is 50.2 Å². The van der Waals surface area contributed by atoms with Crippen LogP contribution < -0.4 is 11.1 Å². The van der Waals surface area contributed by atoms with Gasteiger partial charge in [-0.25, -0.2) is 0 Å². The van der Waals surface area contributed by atoms with Crippen LogP contribution in [0.25, 0.3) is 0 Å². The molecule has 1 fully saturated rings. The van der Waals surface area contributed by atoms with Crippen LogP contribution in [0.5, 0.6) is 0 Å². The predicted octanol–water partition coefficient (Wildman–Crippen LogP) is 0.0199. The average Bonchev–Trinajstić information content (AvgIpc) is 2.17. The predicted molar refractivity (Wildman–Crippen MR) is 34.4 cm³/mol. The molecule has 4 heteroatoms. The van der Waals surface area contributed by atoms with Crippen molar-refractivity contribution in [3.63, 3.8) is 0 Å². The van der Waals surface area contributed by atoms with Crippen molar-refractivity contribution in [3.8, 4) is 0 Å². The molecule has 0 radical (unpaired) electrons. The summed E-state index contributed by atoms with van der Waals surface area (Å²) >= 11 is 0. The molecular formula is C4H9N2OP. The van der Waals surface area contributed by atoms with E-state index in [0.717, 1.165) is 12.8 Å². The highest BCUT2D eigenvalue weighted by Crippen LogP contribution is 2.28. The third kappa shape index (κ3) is 1.42. The second kappa shape index (κ2) is 1.67. The maximum Gasteiger partial charge on any atom is 0.236 e. The SMILES string of the molecule is NC1(NC(=O)P)CC1. The molecule has 0 spiro atoms. The number of nitrogens with one attached hydrogen (secondary N) is 1. The molecule has 3 N–H and O–H groups in total. The average molecular weight is 132 g/mol. The Balaban J connectivity index is 2.29. The number of rotatable bonds is 1. The normalized spacial score (nSPS) is 22.2. The van der Waals surface area contributed by atoms with Crippen molar-refractivity contribution in [2.75, 3.05) is 0 Å². The van der Waals surface area contributed by atoms with Crippen molar-refractivity contribution in [2.24, 2.45) is 5.73 Å². The van der Waals surface area contributed by atoms with E-state index in [1.54, 1.807) is 0 Å². The molecule has 46 valence electrons. The second-order valence-corrected chi connectivity index (χ2v) is 2.67. The second-order valence-electron chi connectivity index (χ2n) is 2.15. The first-order chi connectivity index (χ1) is 3.62. The summed E-state index contributed by atoms with van der Waals surface area (Å²) in [6.45, 7) is 0. The molecule has 1 aliphatic carbocycles. The summed E-state index contributed by atoms with van der Waals surface area (Å²) < 4.78 is 0. The maximum absolute atomic E-state index is 10.3. The van der Waals surface area contributed by atoms with Crippen molar-refractivity contribution >= 4 is 14.9 Å². The molecule has 1 saturated carbocycles. The van der Waals surface area contributed by atoms with Gasteiger partial charge in [0.15, 0.2) is 0 Å². The van der Waals surface area contributed by atoms with Gasteiger partial charge in [-0.1, -0.05) is 0 Å². The number of hydrogen-bond donors (Lipinski definition) is 2. The van der Waals surface area contributed by atoms with Crippen molar-refractivity contribution < 1.29 is 4.79 Å². The van der Waals surface area contributed by atoms with Crippen LogP contribution in [0.3, 0.4) is 0 Å². The number of hydrogen-bond acceptors (Lipinski definition) is 2. The Bertz CT molecular complexity index is 121. The van der Waals surface area contributed by atoms with Crippen LogP contribution in [0.2, 0.25) is 0 Å².